The topological polar surface area (TPSA) is 21.7 Å². The molecule has 0 spiro atoms. The van der Waals surface area contributed by atoms with E-state index in [0.717, 1.165) is 33.4 Å². The standard InChI is InChI=1S/C84H51F8NO2/c1-3-50-21-35-61(36-22-50)94-63-39-27-56(28-40-63)83(73-48-75(85)79(89)81(91)77(73)87)69-19-10-8-17-65(69)67-43-33-59(46-71(67)83)93(58-31-25-53(26-32-58)55-16-12-15-54(45-55)52-13-6-5-7-14-52)60-34-44-68-66-18-9-11-20-70(66)84(72(68)47-60,74-49-76(86)80(90)82(92)78(74)88)57-29-41-64(42-30-57)95-62-37-23-51(4-2)24-38-62/h3-49H,1-2H2. The summed E-state index contributed by atoms with van der Waals surface area (Å²) in [5.74, 6) is -12.6. The summed E-state index contributed by atoms with van der Waals surface area (Å²) in [6.07, 6.45) is 3.40. The van der Waals surface area contributed by atoms with Gasteiger partial charge in [-0.05, 0) is 192 Å². The zero-order valence-electron chi connectivity index (χ0n) is 50.3. The molecule has 0 aliphatic heterocycles. The lowest BCUT2D eigenvalue weighted by Gasteiger charge is -2.36. The summed E-state index contributed by atoms with van der Waals surface area (Å²) in [5.41, 5.74) is 6.66. The number of benzene rings is 13. The normalized spacial score (nSPS) is 14.9. The van der Waals surface area contributed by atoms with Gasteiger partial charge in [-0.1, -0.05) is 195 Å². The van der Waals surface area contributed by atoms with Crippen molar-refractivity contribution in [3.05, 3.63) is 388 Å². The summed E-state index contributed by atoms with van der Waals surface area (Å²) >= 11 is 0. The van der Waals surface area contributed by atoms with Crippen molar-refractivity contribution in [1.29, 1.82) is 0 Å². The second-order valence-corrected chi connectivity index (χ2v) is 23.4. The Bertz CT molecular complexity index is 4930. The Kier molecular flexibility index (Phi) is 14.8. The van der Waals surface area contributed by atoms with E-state index in [-0.39, 0.29) is 0 Å². The van der Waals surface area contributed by atoms with E-state index >= 15 is 35.1 Å². The molecule has 0 fully saturated rings. The molecule has 0 amide bonds. The summed E-state index contributed by atoms with van der Waals surface area (Å²) in [7, 11) is 0. The Morgan fingerprint density at radius 3 is 1.05 bits per heavy atom. The van der Waals surface area contributed by atoms with Crippen LogP contribution in [0.15, 0.2) is 286 Å². The highest BCUT2D eigenvalue weighted by atomic mass is 19.2. The fourth-order valence-electron chi connectivity index (χ4n) is 13.9. The first-order valence-electron chi connectivity index (χ1n) is 30.5. The van der Waals surface area contributed by atoms with Gasteiger partial charge < -0.3 is 14.4 Å². The molecule has 2 unspecified atom stereocenters. The molecular formula is C84H51F8NO2. The average Bonchev–Trinajstić information content (AvgIpc) is 1.56. The van der Waals surface area contributed by atoms with Crippen molar-refractivity contribution < 1.29 is 44.6 Å². The van der Waals surface area contributed by atoms with E-state index in [1.54, 1.807) is 133 Å². The lowest BCUT2D eigenvalue weighted by molar-refractivity contribution is 0.399. The lowest BCUT2D eigenvalue weighted by Crippen LogP contribution is -2.31. The quantitative estimate of drug-likeness (QED) is 0.0580. The predicted octanol–water partition coefficient (Wildman–Crippen LogP) is 23.2. The predicted molar refractivity (Wildman–Crippen MR) is 359 cm³/mol. The van der Waals surface area contributed by atoms with Crippen LogP contribution in [0.25, 0.3) is 56.7 Å². The average molecular weight is 1260 g/mol. The maximum Gasteiger partial charge on any atom is 0.197 e. The number of ether oxygens (including phenoxy) is 2. The van der Waals surface area contributed by atoms with Gasteiger partial charge in [0.2, 0.25) is 0 Å². The van der Waals surface area contributed by atoms with Gasteiger partial charge in [-0.15, -0.1) is 0 Å². The fraction of sp³-hybridized carbons (Fsp3) is 0.0238. The summed E-state index contributed by atoms with van der Waals surface area (Å²) in [6.45, 7) is 7.66. The van der Waals surface area contributed by atoms with Crippen LogP contribution in [0.4, 0.5) is 52.2 Å². The van der Waals surface area contributed by atoms with E-state index in [4.69, 9.17) is 9.47 Å². The smallest absolute Gasteiger partial charge is 0.197 e. The van der Waals surface area contributed by atoms with Gasteiger partial charge in [0.25, 0.3) is 0 Å². The van der Waals surface area contributed by atoms with Crippen LogP contribution in [0.1, 0.15) is 55.6 Å². The fourth-order valence-corrected chi connectivity index (χ4v) is 13.9. The van der Waals surface area contributed by atoms with Gasteiger partial charge in [0.05, 0.1) is 10.8 Å². The summed E-state index contributed by atoms with van der Waals surface area (Å²) in [4.78, 5) is 1.90. The molecule has 0 radical (unpaired) electrons. The van der Waals surface area contributed by atoms with Crippen molar-refractivity contribution in [3.63, 3.8) is 0 Å². The van der Waals surface area contributed by atoms with Gasteiger partial charge in [0.1, 0.15) is 23.0 Å². The van der Waals surface area contributed by atoms with Crippen LogP contribution in [0.5, 0.6) is 23.0 Å². The van der Waals surface area contributed by atoms with Crippen molar-refractivity contribution >= 4 is 29.2 Å². The molecule has 0 bridgehead atoms. The van der Waals surface area contributed by atoms with Gasteiger partial charge in [-0.2, -0.15) is 0 Å². The minimum Gasteiger partial charge on any atom is -0.457 e. The van der Waals surface area contributed by atoms with Gasteiger partial charge in [0.15, 0.2) is 46.5 Å². The Morgan fingerprint density at radius 1 is 0.274 bits per heavy atom. The first-order chi connectivity index (χ1) is 46.3. The molecule has 0 saturated carbocycles. The van der Waals surface area contributed by atoms with E-state index in [1.807, 2.05) is 138 Å². The van der Waals surface area contributed by atoms with Crippen LogP contribution in [-0.2, 0) is 10.8 Å². The van der Waals surface area contributed by atoms with Crippen LogP contribution in [-0.4, -0.2) is 0 Å². The minimum absolute atomic E-state index is 0.344. The van der Waals surface area contributed by atoms with E-state index in [9.17, 15) is 0 Å². The van der Waals surface area contributed by atoms with E-state index in [1.165, 1.54) is 0 Å². The van der Waals surface area contributed by atoms with E-state index in [2.05, 4.69) is 19.2 Å². The third kappa shape index (κ3) is 9.80. The Hall–Kier alpha value is -11.8. The van der Waals surface area contributed by atoms with Crippen LogP contribution in [0.2, 0.25) is 0 Å². The number of halogens is 8. The van der Waals surface area contributed by atoms with Crippen molar-refractivity contribution in [2.75, 3.05) is 4.90 Å². The van der Waals surface area contributed by atoms with Gasteiger partial charge >= 0.3 is 0 Å². The van der Waals surface area contributed by atoms with Crippen molar-refractivity contribution in [2.24, 2.45) is 0 Å². The minimum atomic E-state index is -2.00. The van der Waals surface area contributed by atoms with Gasteiger partial charge in [-0.25, -0.2) is 35.1 Å². The van der Waals surface area contributed by atoms with E-state index in [0.29, 0.717) is 108 Å². The molecule has 2 aliphatic rings. The highest BCUT2D eigenvalue weighted by Gasteiger charge is 2.51. The molecule has 0 heterocycles. The second kappa shape index (κ2) is 23.7. The highest BCUT2D eigenvalue weighted by molar-refractivity contribution is 5.93. The molecule has 0 saturated heterocycles. The van der Waals surface area contributed by atoms with Crippen molar-refractivity contribution in [1.82, 2.24) is 0 Å². The maximum absolute atomic E-state index is 17.4. The molecule has 11 heteroatoms. The SMILES string of the molecule is C=Cc1ccc(Oc2ccc(C3(c4cc(F)c(F)c(F)c4F)c4ccccc4-c4ccc(N(c5ccc(-c6cccc(-c7ccccc7)c6)cc5)c5ccc6c(c5)C(c5ccc(Oc7ccc(C=C)cc7)cc5)(c5cc(F)c(F)c(F)c5F)c5ccccc5-6)cc43)cc2)cc1. The number of hydrogen-bond acceptors (Lipinski definition) is 3. The van der Waals surface area contributed by atoms with Crippen LogP contribution < -0.4 is 14.4 Å². The second-order valence-electron chi connectivity index (χ2n) is 23.4. The molecule has 460 valence electrons. The largest absolute Gasteiger partial charge is 0.457 e. The lowest BCUT2D eigenvalue weighted by atomic mass is 9.67. The number of rotatable bonds is 15. The molecule has 2 aliphatic carbocycles. The molecule has 3 nitrogen and oxygen atoms in total. The molecule has 0 aromatic heterocycles. The molecule has 13 aromatic rings. The van der Waals surface area contributed by atoms with Crippen LogP contribution in [0.3, 0.4) is 0 Å². The maximum atomic E-state index is 17.4. The first kappa shape index (κ1) is 59.5. The summed E-state index contributed by atoms with van der Waals surface area (Å²) in [6, 6.07) is 80.3. The molecule has 0 N–H and O–H groups in total. The third-order valence-corrected chi connectivity index (χ3v) is 18.3. The van der Waals surface area contributed by atoms with Crippen molar-refractivity contribution in [2.45, 2.75) is 10.8 Å². The molecule has 13 aromatic carbocycles. The first-order valence-corrected chi connectivity index (χ1v) is 30.5. The summed E-state index contributed by atoms with van der Waals surface area (Å²) in [5, 5.41) is 0. The van der Waals surface area contributed by atoms with Crippen LogP contribution >= 0.6 is 0 Å². The number of fused-ring (bicyclic) bond motifs is 6. The molecule has 2 atom stereocenters. The summed E-state index contributed by atoms with van der Waals surface area (Å²) < 4.78 is 143. The zero-order chi connectivity index (χ0) is 65.3. The third-order valence-electron chi connectivity index (χ3n) is 18.3. The molecule has 95 heavy (non-hydrogen) atoms. The number of nitrogens with zero attached hydrogens (tertiary/aromatic N) is 1. The van der Waals surface area contributed by atoms with Gasteiger partial charge in [-0.3, -0.25) is 0 Å². The monoisotopic (exact) mass is 1260 g/mol. The number of hydrogen-bond donors (Lipinski definition) is 0. The Morgan fingerprint density at radius 2 is 0.632 bits per heavy atom. The molecular weight excluding hydrogens is 1210 g/mol. The van der Waals surface area contributed by atoms with Crippen LogP contribution in [0, 0.1) is 46.5 Å². The van der Waals surface area contributed by atoms with Crippen molar-refractivity contribution in [3.8, 4) is 67.5 Å². The number of anilines is 3. The Balaban J connectivity index is 0.966. The zero-order valence-corrected chi connectivity index (χ0v) is 50.3. The molecule has 15 rings (SSSR count). The Labute approximate surface area is 542 Å². The highest BCUT2D eigenvalue weighted by Crippen LogP contribution is 2.61. The van der Waals surface area contributed by atoms with Gasteiger partial charge in [0, 0.05) is 28.2 Å². The van der Waals surface area contributed by atoms with E-state index < -0.39 is 68.5 Å².